The lowest BCUT2D eigenvalue weighted by atomic mass is 9.92. The van der Waals surface area contributed by atoms with Crippen molar-refractivity contribution >= 4 is 28.9 Å². The van der Waals surface area contributed by atoms with Crippen LogP contribution in [-0.2, 0) is 34.3 Å². The number of ether oxygens (including phenoxy) is 2. The second-order valence-corrected chi connectivity index (χ2v) is 11.5. The zero-order valence-electron chi connectivity index (χ0n) is 24.7. The molecule has 1 fully saturated rings. The molecule has 0 saturated carbocycles. The van der Waals surface area contributed by atoms with Crippen molar-refractivity contribution < 1.29 is 19.4 Å². The van der Waals surface area contributed by atoms with E-state index in [9.17, 15) is 9.90 Å². The number of hydrogen-bond acceptors (Lipinski definition) is 13. The smallest absolute Gasteiger partial charge is 0.303 e. The molecular weight excluding hydrogens is 544 g/mol. The van der Waals surface area contributed by atoms with Gasteiger partial charge in [0, 0.05) is 39.7 Å². The minimum Gasteiger partial charge on any atom is -0.456 e. The molecule has 0 amide bonds. The van der Waals surface area contributed by atoms with Crippen LogP contribution in [0.4, 0.5) is 11.8 Å². The van der Waals surface area contributed by atoms with Gasteiger partial charge in [0.25, 0.3) is 0 Å². The molecular formula is C26H38N12O4. The molecule has 0 radical (unpaired) electrons. The van der Waals surface area contributed by atoms with Crippen LogP contribution >= 0.6 is 0 Å². The van der Waals surface area contributed by atoms with E-state index in [1.165, 1.54) is 18.0 Å². The average Bonchev–Trinajstić information content (AvgIpc) is 3.71. The fraction of sp³-hybridized carbons (Fsp3) is 0.615. The molecule has 5 rings (SSSR count). The summed E-state index contributed by atoms with van der Waals surface area (Å²) in [5.41, 5.74) is 2.01. The maximum absolute atomic E-state index is 11.9. The van der Waals surface area contributed by atoms with E-state index in [4.69, 9.17) is 19.4 Å². The molecule has 42 heavy (non-hydrogen) atoms. The Kier molecular flexibility index (Phi) is 8.36. The molecule has 0 aromatic carbocycles. The number of nitrogens with zero attached hydrogens (tertiary/aromatic N) is 10. The number of tetrazole rings is 1. The Morgan fingerprint density at radius 3 is 2.64 bits per heavy atom. The lowest BCUT2D eigenvalue weighted by Gasteiger charge is -2.19. The summed E-state index contributed by atoms with van der Waals surface area (Å²) in [5, 5.41) is 30.4. The third-order valence-corrected chi connectivity index (χ3v) is 6.81. The lowest BCUT2D eigenvalue weighted by Crippen LogP contribution is -2.33. The zero-order valence-corrected chi connectivity index (χ0v) is 24.7. The van der Waals surface area contributed by atoms with Gasteiger partial charge in [-0.15, -0.1) is 10.2 Å². The van der Waals surface area contributed by atoms with Crippen molar-refractivity contribution in [3.8, 4) is 0 Å². The Hall–Kier alpha value is -4.18. The number of esters is 1. The molecule has 4 aromatic heterocycles. The molecule has 226 valence electrons. The van der Waals surface area contributed by atoms with E-state index in [2.05, 4.69) is 56.8 Å². The summed E-state index contributed by atoms with van der Waals surface area (Å²) in [7, 11) is 1.93. The Bertz CT molecular complexity index is 1520. The Morgan fingerprint density at radius 1 is 1.17 bits per heavy atom. The highest BCUT2D eigenvalue weighted by atomic mass is 16.6. The summed E-state index contributed by atoms with van der Waals surface area (Å²) in [6.45, 7) is 11.4. The van der Waals surface area contributed by atoms with Gasteiger partial charge in [0.2, 0.25) is 11.8 Å². The average molecular weight is 583 g/mol. The van der Waals surface area contributed by atoms with Crippen molar-refractivity contribution in [2.45, 2.75) is 78.5 Å². The van der Waals surface area contributed by atoms with Crippen LogP contribution < -0.4 is 10.6 Å². The van der Waals surface area contributed by atoms with Crippen LogP contribution in [0.2, 0.25) is 0 Å². The number of hydrogen-bond donors (Lipinski definition) is 3. The second kappa shape index (κ2) is 12.0. The minimum atomic E-state index is -1.27. The number of carbonyl (C=O) groups excluding carboxylic acids is 1. The maximum atomic E-state index is 11.9. The third kappa shape index (κ3) is 6.49. The van der Waals surface area contributed by atoms with Crippen molar-refractivity contribution in [3.05, 3.63) is 30.4 Å². The zero-order chi connectivity index (χ0) is 30.0. The quantitative estimate of drug-likeness (QED) is 0.217. The van der Waals surface area contributed by atoms with Crippen molar-refractivity contribution in [1.29, 1.82) is 0 Å². The Labute approximate surface area is 242 Å². The van der Waals surface area contributed by atoms with Gasteiger partial charge in [0.1, 0.15) is 6.10 Å². The van der Waals surface area contributed by atoms with Gasteiger partial charge >= 0.3 is 5.97 Å². The van der Waals surface area contributed by atoms with Crippen LogP contribution in [0.25, 0.3) is 11.2 Å². The number of aromatic nitrogens is 10. The number of nitrogens with one attached hydrogen (secondary N) is 2. The first kappa shape index (κ1) is 29.3. The summed E-state index contributed by atoms with van der Waals surface area (Å²) < 4.78 is 15.2. The van der Waals surface area contributed by atoms with Crippen LogP contribution in [0.5, 0.6) is 0 Å². The van der Waals surface area contributed by atoms with Crippen molar-refractivity contribution in [2.24, 2.45) is 12.5 Å². The number of carbonyl (C=O) groups is 1. The van der Waals surface area contributed by atoms with Gasteiger partial charge in [-0.1, -0.05) is 20.8 Å². The molecule has 16 heteroatoms. The first-order valence-electron chi connectivity index (χ1n) is 14.0. The lowest BCUT2D eigenvalue weighted by molar-refractivity contribution is -0.153. The first-order chi connectivity index (χ1) is 20.0. The van der Waals surface area contributed by atoms with Gasteiger partial charge < -0.3 is 29.8 Å². The normalized spacial score (nSPS) is 20.7. The number of anilines is 2. The van der Waals surface area contributed by atoms with Gasteiger partial charge in [-0.05, 0) is 24.0 Å². The predicted octanol–water partition coefficient (Wildman–Crippen LogP) is 1.63. The molecule has 0 bridgehead atoms. The fourth-order valence-corrected chi connectivity index (χ4v) is 4.67. The molecule has 0 aliphatic carbocycles. The second-order valence-electron chi connectivity index (χ2n) is 11.5. The number of aliphatic hydroxyl groups excluding tert-OH is 1. The summed E-state index contributed by atoms with van der Waals surface area (Å²) in [5.74, 6) is 0.562. The van der Waals surface area contributed by atoms with Gasteiger partial charge in [-0.25, -0.2) is 9.97 Å². The molecule has 5 heterocycles. The number of aryl methyl sites for hydroxylation is 2. The van der Waals surface area contributed by atoms with Gasteiger partial charge in [-0.2, -0.15) is 14.8 Å². The summed E-state index contributed by atoms with van der Waals surface area (Å²) in [6, 6.07) is 0. The van der Waals surface area contributed by atoms with E-state index in [1.54, 1.807) is 10.9 Å². The first-order valence-corrected chi connectivity index (χ1v) is 14.0. The fourth-order valence-electron chi connectivity index (χ4n) is 4.67. The van der Waals surface area contributed by atoms with Crippen molar-refractivity contribution in [3.63, 3.8) is 0 Å². The van der Waals surface area contributed by atoms with Gasteiger partial charge in [0.05, 0.1) is 24.9 Å². The highest BCUT2D eigenvalue weighted by Crippen LogP contribution is 2.40. The number of rotatable bonds is 11. The molecule has 4 aromatic rings. The van der Waals surface area contributed by atoms with E-state index in [0.717, 1.165) is 12.1 Å². The number of fused-ring (bicyclic) bond motifs is 1. The highest BCUT2D eigenvalue weighted by Gasteiger charge is 2.50. The van der Waals surface area contributed by atoms with Crippen LogP contribution in [0, 0.1) is 5.41 Å². The van der Waals surface area contributed by atoms with Crippen molar-refractivity contribution in [2.75, 3.05) is 23.7 Å². The summed E-state index contributed by atoms with van der Waals surface area (Å²) in [6.07, 6.45) is 2.55. The van der Waals surface area contributed by atoms with Crippen LogP contribution in [0.3, 0.4) is 0 Å². The molecule has 1 saturated heterocycles. The summed E-state index contributed by atoms with van der Waals surface area (Å²) in [4.78, 5) is 31.7. The van der Waals surface area contributed by atoms with E-state index in [-0.39, 0.29) is 11.2 Å². The monoisotopic (exact) mass is 582 g/mol. The summed E-state index contributed by atoms with van der Waals surface area (Å²) >= 11 is 0. The highest BCUT2D eigenvalue weighted by molar-refractivity contribution is 5.84. The van der Waals surface area contributed by atoms with Crippen LogP contribution in [-0.4, -0.2) is 85.7 Å². The topological polar surface area (TPSA) is 185 Å². The van der Waals surface area contributed by atoms with Gasteiger partial charge in [-0.3, -0.25) is 9.36 Å². The molecule has 1 aliphatic rings. The van der Waals surface area contributed by atoms with Gasteiger partial charge in [0.15, 0.2) is 35.4 Å². The number of imidazole rings is 2. The Morgan fingerprint density at radius 2 is 1.98 bits per heavy atom. The SMILES string of the molecule is CCn1nnc([C@H]2O[C@@H](n3cnc4c(NCCC(C)(C)C)nc(NCCc5cn(C)cn5)nc43)[C@H](O)[C@@H]2OC(C)=O)n1. The largest absolute Gasteiger partial charge is 0.456 e. The molecule has 0 spiro atoms. The molecule has 1 aliphatic heterocycles. The van der Waals surface area contributed by atoms with E-state index in [1.807, 2.05) is 24.7 Å². The standard InChI is InChI=1S/C26H38N12O4/c1-7-38-34-22(33-35-38)20-19(41-15(2)39)18(40)24(42-20)37-14-30-17-21(27-11-9-26(3,4)5)31-25(32-23(17)37)28-10-8-16-12-36(6)13-29-16/h12-14,18-20,24,40H,7-11H2,1-6H3,(H2,27,28,31,32)/t18-,19+,20+,24-/m1/s1. The number of aliphatic hydroxyl groups is 1. The molecule has 3 N–H and O–H groups in total. The maximum Gasteiger partial charge on any atom is 0.303 e. The third-order valence-electron chi connectivity index (χ3n) is 6.81. The molecule has 0 unspecified atom stereocenters. The van der Waals surface area contributed by atoms with E-state index >= 15 is 0 Å². The van der Waals surface area contributed by atoms with Crippen molar-refractivity contribution in [1.82, 2.24) is 49.3 Å². The van der Waals surface area contributed by atoms with Crippen LogP contribution in [0.1, 0.15) is 64.9 Å². The molecule has 4 atom stereocenters. The molecule has 16 nitrogen and oxygen atoms in total. The Balaban J connectivity index is 1.46. The van der Waals surface area contributed by atoms with E-state index in [0.29, 0.717) is 49.0 Å². The predicted molar refractivity (Wildman–Crippen MR) is 151 cm³/mol. The minimum absolute atomic E-state index is 0.123. The van der Waals surface area contributed by atoms with Crippen LogP contribution in [0.15, 0.2) is 18.9 Å². The van der Waals surface area contributed by atoms with E-state index < -0.39 is 30.5 Å².